The van der Waals surface area contributed by atoms with E-state index >= 15 is 0 Å². The van der Waals surface area contributed by atoms with Gasteiger partial charge < -0.3 is 14.3 Å². The predicted molar refractivity (Wildman–Crippen MR) is 73.7 cm³/mol. The van der Waals surface area contributed by atoms with Crippen molar-refractivity contribution in [3.63, 3.8) is 0 Å². The van der Waals surface area contributed by atoms with Crippen LogP contribution in [0.2, 0.25) is 0 Å². The summed E-state index contributed by atoms with van der Waals surface area (Å²) < 4.78 is 10.2. The van der Waals surface area contributed by atoms with Crippen molar-refractivity contribution in [3.05, 3.63) is 36.5 Å². The highest BCUT2D eigenvalue weighted by Gasteiger charge is 2.14. The van der Waals surface area contributed by atoms with Gasteiger partial charge in [-0.2, -0.15) is 10.1 Å². The molecule has 0 amide bonds. The Kier molecular flexibility index (Phi) is 3.23. The second-order valence-corrected chi connectivity index (χ2v) is 4.33. The minimum atomic E-state index is -0.356. The second-order valence-electron chi connectivity index (χ2n) is 4.33. The van der Waals surface area contributed by atoms with Crippen molar-refractivity contribution < 1.29 is 14.3 Å². The van der Waals surface area contributed by atoms with Crippen molar-refractivity contribution >= 4 is 0 Å². The average molecular weight is 284 g/mol. The van der Waals surface area contributed by atoms with Crippen LogP contribution < -0.4 is 4.74 Å². The van der Waals surface area contributed by atoms with Gasteiger partial charge in [0.05, 0.1) is 30.9 Å². The summed E-state index contributed by atoms with van der Waals surface area (Å²) in [4.78, 5) is 7.58. The molecule has 0 spiro atoms. The summed E-state index contributed by atoms with van der Waals surface area (Å²) in [5.74, 6) is 0.235. The van der Waals surface area contributed by atoms with Gasteiger partial charge in [0.1, 0.15) is 5.69 Å². The molecule has 0 aliphatic heterocycles. The first-order chi connectivity index (χ1) is 10.2. The zero-order valence-corrected chi connectivity index (χ0v) is 11.4. The van der Waals surface area contributed by atoms with Crippen LogP contribution in [0, 0.1) is 6.92 Å². The van der Waals surface area contributed by atoms with Gasteiger partial charge in [0, 0.05) is 17.3 Å². The van der Waals surface area contributed by atoms with Crippen LogP contribution in [0.15, 0.2) is 35.3 Å². The number of ether oxygens (including phenoxy) is 1. The fraction of sp³-hybridized carbons (Fsp3) is 0.143. The smallest absolute Gasteiger partial charge is 0.317 e. The normalized spacial score (nSPS) is 10.6. The van der Waals surface area contributed by atoms with Crippen molar-refractivity contribution in [1.29, 1.82) is 0 Å². The molecule has 0 aliphatic carbocycles. The molecule has 3 aromatic heterocycles. The third kappa shape index (κ3) is 2.40. The van der Waals surface area contributed by atoms with E-state index in [1.54, 1.807) is 12.5 Å². The van der Waals surface area contributed by atoms with Crippen molar-refractivity contribution in [2.24, 2.45) is 0 Å². The van der Waals surface area contributed by atoms with Crippen LogP contribution >= 0.6 is 0 Å². The van der Waals surface area contributed by atoms with E-state index in [2.05, 4.69) is 20.2 Å². The van der Waals surface area contributed by atoms with Crippen LogP contribution in [0.4, 0.5) is 0 Å². The molecular weight excluding hydrogens is 272 g/mol. The van der Waals surface area contributed by atoms with Crippen molar-refractivity contribution in [2.75, 3.05) is 7.11 Å². The molecule has 1 N–H and O–H groups in total. The zero-order chi connectivity index (χ0) is 14.8. The summed E-state index contributed by atoms with van der Waals surface area (Å²) >= 11 is 0. The number of methoxy groups -OCH3 is 1. The average Bonchev–Trinajstić information content (AvgIpc) is 3.02. The summed E-state index contributed by atoms with van der Waals surface area (Å²) in [6.45, 7) is 1.86. The molecule has 0 aliphatic rings. The number of nitrogens with zero attached hydrogens (tertiary/aromatic N) is 4. The van der Waals surface area contributed by atoms with Crippen molar-refractivity contribution in [3.8, 4) is 34.3 Å². The molecule has 0 aromatic carbocycles. The third-order valence-electron chi connectivity index (χ3n) is 3.02. The number of aryl methyl sites for hydroxylation is 1. The van der Waals surface area contributed by atoms with Gasteiger partial charge in [-0.3, -0.25) is 0 Å². The van der Waals surface area contributed by atoms with Crippen LogP contribution in [0.3, 0.4) is 0 Å². The van der Waals surface area contributed by atoms with E-state index in [1.807, 2.05) is 19.1 Å². The van der Waals surface area contributed by atoms with Crippen molar-refractivity contribution in [1.82, 2.24) is 20.2 Å². The Morgan fingerprint density at radius 3 is 2.81 bits per heavy atom. The Balaban J connectivity index is 2.14. The summed E-state index contributed by atoms with van der Waals surface area (Å²) in [5, 5.41) is 17.6. The number of rotatable bonds is 3. The fourth-order valence-corrected chi connectivity index (χ4v) is 1.98. The van der Waals surface area contributed by atoms with Gasteiger partial charge in [0.15, 0.2) is 0 Å². The maximum absolute atomic E-state index is 9.31. The molecule has 3 heterocycles. The summed E-state index contributed by atoms with van der Waals surface area (Å²) in [7, 11) is 1.46. The number of aromatic nitrogens is 4. The molecule has 106 valence electrons. The molecule has 0 saturated heterocycles. The van der Waals surface area contributed by atoms with Crippen LogP contribution in [-0.4, -0.2) is 32.4 Å². The van der Waals surface area contributed by atoms with Gasteiger partial charge in [-0.25, -0.2) is 4.98 Å². The lowest BCUT2D eigenvalue weighted by Gasteiger charge is -2.08. The summed E-state index contributed by atoms with van der Waals surface area (Å²) in [5.41, 5.74) is 3.67. The van der Waals surface area contributed by atoms with Crippen LogP contribution in [0.1, 0.15) is 5.69 Å². The Labute approximate surface area is 120 Å². The van der Waals surface area contributed by atoms with Gasteiger partial charge >= 0.3 is 6.01 Å². The molecule has 3 aromatic rings. The number of aromatic hydroxyl groups is 1. The fourth-order valence-electron chi connectivity index (χ4n) is 1.98. The lowest BCUT2D eigenvalue weighted by atomic mass is 10.1. The molecule has 21 heavy (non-hydrogen) atoms. The van der Waals surface area contributed by atoms with Gasteiger partial charge in [-0.05, 0) is 19.1 Å². The monoisotopic (exact) mass is 284 g/mol. The first-order valence-corrected chi connectivity index (χ1v) is 6.16. The highest BCUT2D eigenvalue weighted by molar-refractivity contribution is 5.72. The predicted octanol–water partition coefficient (Wildman–Crippen LogP) is 2.22. The molecule has 0 unspecified atom stereocenters. The van der Waals surface area contributed by atoms with Gasteiger partial charge in [-0.15, -0.1) is 5.10 Å². The molecule has 0 atom stereocenters. The van der Waals surface area contributed by atoms with Gasteiger partial charge in [0.25, 0.3) is 0 Å². The lowest BCUT2D eigenvalue weighted by molar-refractivity contribution is 0.373. The summed E-state index contributed by atoms with van der Waals surface area (Å²) in [6, 6.07) is 3.34. The van der Waals surface area contributed by atoms with E-state index < -0.39 is 0 Å². The topological polar surface area (TPSA) is 94.2 Å². The number of furan rings is 1. The zero-order valence-electron chi connectivity index (χ0n) is 11.4. The highest BCUT2D eigenvalue weighted by atomic mass is 16.5. The Morgan fingerprint density at radius 1 is 1.24 bits per heavy atom. The molecular formula is C14H12N4O3. The number of hydrogen-bond acceptors (Lipinski definition) is 7. The van der Waals surface area contributed by atoms with Crippen LogP contribution in [-0.2, 0) is 0 Å². The van der Waals surface area contributed by atoms with E-state index in [0.717, 1.165) is 16.8 Å². The van der Waals surface area contributed by atoms with Gasteiger partial charge in [0.2, 0.25) is 5.88 Å². The quantitative estimate of drug-likeness (QED) is 0.787. The van der Waals surface area contributed by atoms with Crippen molar-refractivity contribution in [2.45, 2.75) is 6.92 Å². The van der Waals surface area contributed by atoms with Crippen LogP contribution in [0.5, 0.6) is 11.9 Å². The van der Waals surface area contributed by atoms with Crippen LogP contribution in [0.25, 0.3) is 22.4 Å². The second kappa shape index (κ2) is 5.20. The van der Waals surface area contributed by atoms with E-state index in [-0.39, 0.29) is 11.9 Å². The van der Waals surface area contributed by atoms with E-state index in [1.165, 1.54) is 13.3 Å². The molecule has 7 heteroatoms. The number of hydrogen-bond donors (Lipinski definition) is 1. The molecule has 0 radical (unpaired) electrons. The SMILES string of the molecule is COc1nc(O)ncc1-c1cc(-c2ccoc2)c(C)nn1. The standard InChI is InChI=1S/C14H12N4O3/c1-8-10(9-3-4-21-7-9)5-12(18-17-8)11-6-15-14(19)16-13(11)20-2/h3-7H,1-2H3,(H,15,16,19). The summed E-state index contributed by atoms with van der Waals surface area (Å²) in [6.07, 6.45) is 4.68. The Morgan fingerprint density at radius 2 is 2.10 bits per heavy atom. The van der Waals surface area contributed by atoms with E-state index in [4.69, 9.17) is 9.15 Å². The maximum Gasteiger partial charge on any atom is 0.317 e. The first kappa shape index (κ1) is 13.0. The lowest BCUT2D eigenvalue weighted by Crippen LogP contribution is -1.98. The third-order valence-corrected chi connectivity index (χ3v) is 3.02. The molecule has 0 bridgehead atoms. The molecule has 7 nitrogen and oxygen atoms in total. The van der Waals surface area contributed by atoms with Gasteiger partial charge in [-0.1, -0.05) is 0 Å². The molecule has 0 fully saturated rings. The molecule has 0 saturated carbocycles. The van der Waals surface area contributed by atoms with E-state index in [9.17, 15) is 5.11 Å². The minimum Gasteiger partial charge on any atom is -0.480 e. The van der Waals surface area contributed by atoms with E-state index in [0.29, 0.717) is 11.3 Å². The highest BCUT2D eigenvalue weighted by Crippen LogP contribution is 2.30. The minimum absolute atomic E-state index is 0.235. The molecule has 3 rings (SSSR count). The first-order valence-electron chi connectivity index (χ1n) is 6.16. The largest absolute Gasteiger partial charge is 0.480 e. The Hall–Kier alpha value is -2.96. The Bertz CT molecular complexity index is 772. The maximum atomic E-state index is 9.31.